The van der Waals surface area contributed by atoms with E-state index in [1.165, 1.54) is 0 Å². The molecule has 1 aromatic heterocycles. The number of nitrogens with zero attached hydrogens (tertiary/aromatic N) is 1. The molecule has 0 aliphatic carbocycles. The first-order chi connectivity index (χ1) is 9.11. The Morgan fingerprint density at radius 2 is 2.11 bits per heavy atom. The number of aryl methyl sites for hydroxylation is 1. The van der Waals surface area contributed by atoms with E-state index in [9.17, 15) is 5.11 Å². The molecule has 0 amide bonds. The van der Waals surface area contributed by atoms with Crippen molar-refractivity contribution >= 4 is 15.9 Å². The van der Waals surface area contributed by atoms with Crippen molar-refractivity contribution in [2.45, 2.75) is 20.0 Å². The minimum absolute atomic E-state index is 0.579. The Morgan fingerprint density at radius 3 is 2.84 bits per heavy atom. The zero-order valence-electron chi connectivity index (χ0n) is 10.9. The van der Waals surface area contributed by atoms with Crippen molar-refractivity contribution in [2.24, 2.45) is 0 Å². The Labute approximate surface area is 121 Å². The summed E-state index contributed by atoms with van der Waals surface area (Å²) in [7, 11) is 0. The lowest BCUT2D eigenvalue weighted by atomic mass is 10.0. The van der Waals surface area contributed by atoms with Crippen molar-refractivity contribution in [1.29, 1.82) is 0 Å². The van der Waals surface area contributed by atoms with Gasteiger partial charge in [0.15, 0.2) is 0 Å². The molecule has 0 saturated carbocycles. The van der Waals surface area contributed by atoms with Crippen LogP contribution < -0.4 is 4.74 Å². The second kappa shape index (κ2) is 6.17. The molecule has 1 unspecified atom stereocenters. The van der Waals surface area contributed by atoms with E-state index in [1.54, 1.807) is 12.4 Å². The van der Waals surface area contributed by atoms with Gasteiger partial charge in [-0.05, 0) is 31.5 Å². The van der Waals surface area contributed by atoms with Crippen molar-refractivity contribution in [2.75, 3.05) is 6.61 Å². The van der Waals surface area contributed by atoms with E-state index in [4.69, 9.17) is 4.74 Å². The summed E-state index contributed by atoms with van der Waals surface area (Å²) in [4.78, 5) is 4.10. The first kappa shape index (κ1) is 14.0. The standard InChI is InChI=1S/C15H16BrNO2/c1-3-19-12-7-11(8-17-9-12)15(18)13-6-10(2)4-5-14(13)16/h4-9,15,18H,3H2,1-2H3. The fraction of sp³-hybridized carbons (Fsp3) is 0.267. The molecular weight excluding hydrogens is 306 g/mol. The van der Waals surface area contributed by atoms with Gasteiger partial charge in [-0.3, -0.25) is 4.98 Å². The number of aromatic nitrogens is 1. The molecule has 1 aromatic carbocycles. The number of benzene rings is 1. The van der Waals surface area contributed by atoms with Gasteiger partial charge in [0, 0.05) is 16.2 Å². The van der Waals surface area contributed by atoms with Gasteiger partial charge in [-0.25, -0.2) is 0 Å². The number of halogens is 1. The smallest absolute Gasteiger partial charge is 0.137 e. The van der Waals surface area contributed by atoms with Gasteiger partial charge in [0.2, 0.25) is 0 Å². The van der Waals surface area contributed by atoms with E-state index >= 15 is 0 Å². The molecule has 1 atom stereocenters. The number of aliphatic hydroxyl groups excluding tert-OH is 1. The molecule has 0 radical (unpaired) electrons. The summed E-state index contributed by atoms with van der Waals surface area (Å²) in [5, 5.41) is 10.5. The highest BCUT2D eigenvalue weighted by Crippen LogP contribution is 2.30. The van der Waals surface area contributed by atoms with Gasteiger partial charge in [-0.1, -0.05) is 33.6 Å². The molecule has 0 fully saturated rings. The van der Waals surface area contributed by atoms with Gasteiger partial charge in [-0.2, -0.15) is 0 Å². The quantitative estimate of drug-likeness (QED) is 0.935. The lowest BCUT2D eigenvalue weighted by Crippen LogP contribution is -2.03. The Bertz CT molecular complexity index is 572. The molecule has 0 saturated heterocycles. The Balaban J connectivity index is 2.35. The highest BCUT2D eigenvalue weighted by Gasteiger charge is 2.15. The minimum atomic E-state index is -0.720. The Kier molecular flexibility index (Phi) is 4.56. The fourth-order valence-corrected chi connectivity index (χ4v) is 2.35. The topological polar surface area (TPSA) is 42.4 Å². The molecule has 0 aliphatic rings. The number of ether oxygens (including phenoxy) is 1. The molecule has 100 valence electrons. The monoisotopic (exact) mass is 321 g/mol. The average Bonchev–Trinajstić information content (AvgIpc) is 2.41. The lowest BCUT2D eigenvalue weighted by molar-refractivity contribution is 0.218. The minimum Gasteiger partial charge on any atom is -0.492 e. The maximum Gasteiger partial charge on any atom is 0.137 e. The maximum atomic E-state index is 10.5. The van der Waals surface area contributed by atoms with Crippen LogP contribution in [0.1, 0.15) is 29.7 Å². The third-order valence-electron chi connectivity index (χ3n) is 2.81. The molecule has 1 N–H and O–H groups in total. The SMILES string of the molecule is CCOc1cncc(C(O)c2cc(C)ccc2Br)c1. The van der Waals surface area contributed by atoms with Crippen LogP contribution in [0, 0.1) is 6.92 Å². The first-order valence-electron chi connectivity index (χ1n) is 6.13. The number of rotatable bonds is 4. The third kappa shape index (κ3) is 3.33. The van der Waals surface area contributed by atoms with Crippen molar-refractivity contribution in [3.63, 3.8) is 0 Å². The van der Waals surface area contributed by atoms with Gasteiger partial charge < -0.3 is 9.84 Å². The van der Waals surface area contributed by atoms with Crippen molar-refractivity contribution in [3.8, 4) is 5.75 Å². The van der Waals surface area contributed by atoms with E-state index in [2.05, 4.69) is 20.9 Å². The lowest BCUT2D eigenvalue weighted by Gasteiger charge is -2.14. The first-order valence-corrected chi connectivity index (χ1v) is 6.93. The van der Waals surface area contributed by atoms with Crippen LogP contribution in [-0.4, -0.2) is 16.7 Å². The number of pyridine rings is 1. The molecule has 2 aromatic rings. The van der Waals surface area contributed by atoms with E-state index in [-0.39, 0.29) is 0 Å². The third-order valence-corrected chi connectivity index (χ3v) is 3.53. The van der Waals surface area contributed by atoms with Crippen LogP contribution in [0.25, 0.3) is 0 Å². The maximum absolute atomic E-state index is 10.5. The van der Waals surface area contributed by atoms with E-state index in [1.807, 2.05) is 38.1 Å². The fourth-order valence-electron chi connectivity index (χ4n) is 1.88. The van der Waals surface area contributed by atoms with Gasteiger partial charge >= 0.3 is 0 Å². The zero-order valence-corrected chi connectivity index (χ0v) is 12.5. The molecule has 1 heterocycles. The molecule has 2 rings (SSSR count). The molecular formula is C15H16BrNO2. The van der Waals surface area contributed by atoms with Crippen LogP contribution in [0.5, 0.6) is 5.75 Å². The molecule has 3 nitrogen and oxygen atoms in total. The summed E-state index contributed by atoms with van der Waals surface area (Å²) >= 11 is 3.47. The number of hydrogen-bond donors (Lipinski definition) is 1. The summed E-state index contributed by atoms with van der Waals surface area (Å²) in [6.07, 6.45) is 2.58. The van der Waals surface area contributed by atoms with Crippen LogP contribution in [0.4, 0.5) is 0 Å². The van der Waals surface area contributed by atoms with Crippen molar-refractivity contribution < 1.29 is 9.84 Å². The highest BCUT2D eigenvalue weighted by atomic mass is 79.9. The Morgan fingerprint density at radius 1 is 1.32 bits per heavy atom. The van der Waals surface area contributed by atoms with E-state index in [0.717, 1.165) is 21.2 Å². The summed E-state index contributed by atoms with van der Waals surface area (Å²) in [5.74, 6) is 0.669. The van der Waals surface area contributed by atoms with E-state index < -0.39 is 6.10 Å². The van der Waals surface area contributed by atoms with Crippen LogP contribution in [-0.2, 0) is 0 Å². The molecule has 0 spiro atoms. The predicted molar refractivity (Wildman–Crippen MR) is 78.3 cm³/mol. The predicted octanol–water partition coefficient (Wildman–Crippen LogP) is 3.63. The van der Waals surface area contributed by atoms with Gasteiger partial charge in [0.25, 0.3) is 0 Å². The van der Waals surface area contributed by atoms with Gasteiger partial charge in [0.05, 0.1) is 12.8 Å². The normalized spacial score (nSPS) is 12.2. The molecule has 19 heavy (non-hydrogen) atoms. The van der Waals surface area contributed by atoms with Crippen molar-refractivity contribution in [1.82, 2.24) is 4.98 Å². The van der Waals surface area contributed by atoms with Crippen molar-refractivity contribution in [3.05, 3.63) is 57.8 Å². The highest BCUT2D eigenvalue weighted by molar-refractivity contribution is 9.10. The average molecular weight is 322 g/mol. The van der Waals surface area contributed by atoms with Crippen LogP contribution in [0.3, 0.4) is 0 Å². The molecule has 0 aliphatic heterocycles. The van der Waals surface area contributed by atoms with E-state index in [0.29, 0.717) is 12.4 Å². The van der Waals surface area contributed by atoms with Crippen LogP contribution >= 0.6 is 15.9 Å². The van der Waals surface area contributed by atoms with Crippen LogP contribution in [0.2, 0.25) is 0 Å². The Hall–Kier alpha value is -1.39. The van der Waals surface area contributed by atoms with Crippen LogP contribution in [0.15, 0.2) is 41.1 Å². The van der Waals surface area contributed by atoms with Gasteiger partial charge in [-0.15, -0.1) is 0 Å². The molecule has 4 heteroatoms. The second-order valence-electron chi connectivity index (χ2n) is 4.31. The largest absolute Gasteiger partial charge is 0.492 e. The van der Waals surface area contributed by atoms with Gasteiger partial charge in [0.1, 0.15) is 11.9 Å². The second-order valence-corrected chi connectivity index (χ2v) is 5.17. The zero-order chi connectivity index (χ0) is 13.8. The summed E-state index contributed by atoms with van der Waals surface area (Å²) in [5.41, 5.74) is 2.65. The number of aliphatic hydroxyl groups is 1. The molecule has 0 bridgehead atoms. The number of hydrogen-bond acceptors (Lipinski definition) is 3. The summed E-state index contributed by atoms with van der Waals surface area (Å²) < 4.78 is 6.28. The summed E-state index contributed by atoms with van der Waals surface area (Å²) in [6.45, 7) is 4.49. The summed E-state index contributed by atoms with van der Waals surface area (Å²) in [6, 6.07) is 7.71.